The summed E-state index contributed by atoms with van der Waals surface area (Å²) in [5, 5.41) is 18.5. The smallest absolute Gasteiger partial charge is 0.382 e. The molecule has 0 bridgehead atoms. The van der Waals surface area contributed by atoms with Crippen molar-refractivity contribution in [1.29, 1.82) is 0 Å². The number of pyridine rings is 1. The van der Waals surface area contributed by atoms with Gasteiger partial charge in [0, 0.05) is 23.9 Å². The van der Waals surface area contributed by atoms with Crippen LogP contribution in [-0.2, 0) is 17.8 Å². The standard InChI is InChI=1S/C22H18BrClF3N7O4/c1-38-11-15(35)18-14(3-2-8-28-18)34-20(23)29-17(30-34)10-33-21(37)32(9-16(36)22(25,26)27)19(31-33)12-4-6-13(24)7-5-12/h2-8,16,36H,9-11H2,1H3/t16-/m0/s1. The maximum Gasteiger partial charge on any atom is 0.416 e. The Balaban J connectivity index is 1.73. The molecule has 4 rings (SSSR count). The molecule has 0 amide bonds. The normalized spacial score (nSPS) is 12.6. The number of benzene rings is 1. The van der Waals surface area contributed by atoms with Crippen LogP contribution in [0.25, 0.3) is 17.1 Å². The Kier molecular flexibility index (Phi) is 8.10. The molecule has 11 nitrogen and oxygen atoms in total. The SMILES string of the molecule is COCC(=O)c1ncccc1-n1nc(Cn2nc(-c3ccc(Cl)cc3)n(C[C@H](O)C(F)(F)F)c2=O)nc1Br. The molecular weight excluding hydrogens is 599 g/mol. The number of carbonyl (C=O) groups excluding carboxylic acids is 1. The van der Waals surface area contributed by atoms with Crippen molar-refractivity contribution in [2.75, 3.05) is 13.7 Å². The van der Waals surface area contributed by atoms with Gasteiger partial charge in [-0.15, -0.1) is 10.2 Å². The number of hydrogen-bond acceptors (Lipinski definition) is 8. The lowest BCUT2D eigenvalue weighted by Gasteiger charge is -2.15. The van der Waals surface area contributed by atoms with Crippen LogP contribution in [0.15, 0.2) is 52.1 Å². The van der Waals surface area contributed by atoms with Crippen molar-refractivity contribution in [1.82, 2.24) is 34.1 Å². The minimum atomic E-state index is -4.95. The average molecular weight is 617 g/mol. The van der Waals surface area contributed by atoms with Crippen molar-refractivity contribution in [2.24, 2.45) is 0 Å². The van der Waals surface area contributed by atoms with Crippen molar-refractivity contribution in [3.63, 3.8) is 0 Å². The third-order valence-electron chi connectivity index (χ3n) is 5.22. The molecule has 16 heteroatoms. The number of alkyl halides is 3. The zero-order chi connectivity index (χ0) is 27.6. The molecule has 0 aliphatic heterocycles. The summed E-state index contributed by atoms with van der Waals surface area (Å²) < 4.78 is 47.2. The predicted molar refractivity (Wildman–Crippen MR) is 131 cm³/mol. The Morgan fingerprint density at radius 3 is 2.58 bits per heavy atom. The number of aromatic nitrogens is 7. The number of aliphatic hydroxyl groups is 1. The number of methoxy groups -OCH3 is 1. The van der Waals surface area contributed by atoms with E-state index in [1.807, 2.05) is 0 Å². The van der Waals surface area contributed by atoms with Gasteiger partial charge in [-0.2, -0.15) is 13.2 Å². The Hall–Kier alpha value is -3.40. The highest BCUT2D eigenvalue weighted by atomic mass is 79.9. The summed E-state index contributed by atoms with van der Waals surface area (Å²) in [6.45, 7) is -1.62. The van der Waals surface area contributed by atoms with Gasteiger partial charge in [-0.1, -0.05) is 11.6 Å². The molecule has 0 aliphatic rings. The lowest BCUT2D eigenvalue weighted by molar-refractivity contribution is -0.207. The van der Waals surface area contributed by atoms with Crippen LogP contribution in [0.3, 0.4) is 0 Å². The van der Waals surface area contributed by atoms with Gasteiger partial charge in [0.05, 0.1) is 12.2 Å². The number of Topliss-reactive ketones (excluding diaryl/α,β-unsaturated/α-hetero) is 1. The van der Waals surface area contributed by atoms with Gasteiger partial charge in [-0.05, 0) is 52.3 Å². The lowest BCUT2D eigenvalue weighted by Crippen LogP contribution is -2.37. The summed E-state index contributed by atoms with van der Waals surface area (Å²) in [5.74, 6) is -0.470. The van der Waals surface area contributed by atoms with Gasteiger partial charge < -0.3 is 9.84 Å². The molecule has 3 aromatic heterocycles. The highest BCUT2D eigenvalue weighted by Gasteiger charge is 2.39. The number of ether oxygens (including phenoxy) is 1. The van der Waals surface area contributed by atoms with Crippen molar-refractivity contribution in [3.8, 4) is 17.1 Å². The van der Waals surface area contributed by atoms with E-state index in [-0.39, 0.29) is 40.9 Å². The van der Waals surface area contributed by atoms with Crippen LogP contribution in [0.2, 0.25) is 5.02 Å². The third-order valence-corrected chi connectivity index (χ3v) is 5.98. The van der Waals surface area contributed by atoms with E-state index < -0.39 is 30.3 Å². The minimum Gasteiger partial charge on any atom is -0.382 e. The van der Waals surface area contributed by atoms with E-state index >= 15 is 0 Å². The molecule has 1 aromatic carbocycles. The number of aliphatic hydroxyl groups excluding tert-OH is 1. The number of nitrogens with zero attached hydrogens (tertiary/aromatic N) is 7. The second-order valence-corrected chi connectivity index (χ2v) is 9.02. The molecule has 0 spiro atoms. The van der Waals surface area contributed by atoms with Gasteiger partial charge in [0.25, 0.3) is 0 Å². The number of ketones is 1. The fraction of sp³-hybridized carbons (Fsp3) is 0.273. The van der Waals surface area contributed by atoms with Crippen LogP contribution in [-0.4, -0.2) is 71.0 Å². The van der Waals surface area contributed by atoms with E-state index in [0.717, 1.165) is 9.25 Å². The molecule has 0 unspecified atom stereocenters. The summed E-state index contributed by atoms with van der Waals surface area (Å²) in [4.78, 5) is 33.8. The first-order chi connectivity index (χ1) is 18.0. The van der Waals surface area contributed by atoms with Gasteiger partial charge in [-0.25, -0.2) is 19.1 Å². The highest BCUT2D eigenvalue weighted by molar-refractivity contribution is 9.10. The Labute approximate surface area is 225 Å². The number of halogens is 5. The molecule has 3 heterocycles. The van der Waals surface area contributed by atoms with Crippen molar-refractivity contribution in [2.45, 2.75) is 25.4 Å². The molecule has 1 atom stereocenters. The highest BCUT2D eigenvalue weighted by Crippen LogP contribution is 2.24. The second-order valence-electron chi connectivity index (χ2n) is 7.87. The van der Waals surface area contributed by atoms with Crippen LogP contribution in [0.5, 0.6) is 0 Å². The van der Waals surface area contributed by atoms with Gasteiger partial charge in [0.2, 0.25) is 5.78 Å². The molecule has 0 saturated carbocycles. The van der Waals surface area contributed by atoms with Crippen molar-refractivity contribution < 1.29 is 27.8 Å². The summed E-state index contributed by atoms with van der Waals surface area (Å²) in [7, 11) is 1.37. The second kappa shape index (κ2) is 11.1. The number of hydrogen-bond donors (Lipinski definition) is 1. The average Bonchev–Trinajstić information content (AvgIpc) is 3.38. The molecule has 0 radical (unpaired) electrons. The van der Waals surface area contributed by atoms with E-state index in [4.69, 9.17) is 16.3 Å². The summed E-state index contributed by atoms with van der Waals surface area (Å²) in [6, 6.07) is 9.11. The third kappa shape index (κ3) is 5.85. The molecule has 0 aliphatic carbocycles. The number of rotatable bonds is 9. The largest absolute Gasteiger partial charge is 0.416 e. The maximum atomic E-state index is 13.1. The van der Waals surface area contributed by atoms with Crippen LogP contribution in [0, 0.1) is 0 Å². The quantitative estimate of drug-likeness (QED) is 0.284. The summed E-state index contributed by atoms with van der Waals surface area (Å²) >= 11 is 9.17. The first-order valence-corrected chi connectivity index (χ1v) is 11.9. The van der Waals surface area contributed by atoms with E-state index in [2.05, 4.69) is 36.1 Å². The molecular formula is C22H18BrClF3N7O4. The summed E-state index contributed by atoms with van der Waals surface area (Å²) in [6.07, 6.45) is -6.33. The lowest BCUT2D eigenvalue weighted by atomic mass is 10.2. The Morgan fingerprint density at radius 2 is 1.92 bits per heavy atom. The molecule has 0 saturated heterocycles. The predicted octanol–water partition coefficient (Wildman–Crippen LogP) is 2.90. The fourth-order valence-electron chi connectivity index (χ4n) is 3.47. The minimum absolute atomic E-state index is 0.0524. The first kappa shape index (κ1) is 27.6. The van der Waals surface area contributed by atoms with Crippen molar-refractivity contribution >= 4 is 33.3 Å². The van der Waals surface area contributed by atoms with Gasteiger partial charge in [-0.3, -0.25) is 14.3 Å². The first-order valence-electron chi connectivity index (χ1n) is 10.8. The molecule has 200 valence electrons. The number of carbonyl (C=O) groups is 1. The van der Waals surface area contributed by atoms with Crippen LogP contribution in [0.4, 0.5) is 13.2 Å². The van der Waals surface area contributed by atoms with E-state index in [1.54, 1.807) is 12.1 Å². The van der Waals surface area contributed by atoms with Gasteiger partial charge in [0.1, 0.15) is 18.8 Å². The van der Waals surface area contributed by atoms with Gasteiger partial charge in [0.15, 0.2) is 22.5 Å². The molecule has 4 aromatic rings. The molecule has 1 N–H and O–H groups in total. The summed E-state index contributed by atoms with van der Waals surface area (Å²) in [5.41, 5.74) is -0.272. The van der Waals surface area contributed by atoms with E-state index in [9.17, 15) is 27.9 Å². The molecule has 38 heavy (non-hydrogen) atoms. The van der Waals surface area contributed by atoms with E-state index in [1.165, 1.54) is 42.3 Å². The van der Waals surface area contributed by atoms with Crippen LogP contribution in [0.1, 0.15) is 16.3 Å². The zero-order valence-corrected chi connectivity index (χ0v) is 21.8. The van der Waals surface area contributed by atoms with Crippen molar-refractivity contribution in [3.05, 3.63) is 74.4 Å². The molecule has 0 fully saturated rings. The monoisotopic (exact) mass is 615 g/mol. The zero-order valence-electron chi connectivity index (χ0n) is 19.4. The fourth-order valence-corrected chi connectivity index (χ4v) is 4.07. The maximum absolute atomic E-state index is 13.1. The Morgan fingerprint density at radius 1 is 1.21 bits per heavy atom. The van der Waals surface area contributed by atoms with Gasteiger partial charge >= 0.3 is 11.9 Å². The van der Waals surface area contributed by atoms with Crippen LogP contribution >= 0.6 is 27.5 Å². The van der Waals surface area contributed by atoms with E-state index in [0.29, 0.717) is 10.6 Å². The Bertz CT molecular complexity index is 1520. The van der Waals surface area contributed by atoms with Crippen LogP contribution < -0.4 is 5.69 Å². The topological polar surface area (TPSA) is 130 Å².